The Morgan fingerprint density at radius 2 is 1.79 bits per heavy atom. The second-order valence-electron chi connectivity index (χ2n) is 6.85. The van der Waals surface area contributed by atoms with Crippen LogP contribution >= 0.6 is 22.9 Å². The number of nitrogens with zero attached hydrogens (tertiary/aromatic N) is 3. The van der Waals surface area contributed by atoms with Crippen molar-refractivity contribution in [2.45, 2.75) is 26.1 Å². The number of rotatable bonds is 6. The lowest BCUT2D eigenvalue weighted by atomic mass is 10.2. The van der Waals surface area contributed by atoms with Gasteiger partial charge in [0.15, 0.2) is 0 Å². The molecule has 0 aromatic carbocycles. The molecule has 0 unspecified atom stereocenters. The molecule has 34 heavy (non-hydrogen) atoms. The Kier molecular flexibility index (Phi) is 7.47. The van der Waals surface area contributed by atoms with Gasteiger partial charge in [-0.05, 0) is 25.1 Å². The summed E-state index contributed by atoms with van der Waals surface area (Å²) in [6, 6.07) is 4.56. The normalized spacial score (nSPS) is 12.1. The van der Waals surface area contributed by atoms with Crippen molar-refractivity contribution in [3.05, 3.63) is 62.8 Å². The summed E-state index contributed by atoms with van der Waals surface area (Å²) in [5.41, 5.74) is -1.07. The highest BCUT2D eigenvalue weighted by molar-refractivity contribution is 7.13. The highest BCUT2D eigenvalue weighted by Crippen LogP contribution is 2.35. The fourth-order valence-corrected chi connectivity index (χ4v) is 3.66. The average Bonchev–Trinajstić information content (AvgIpc) is 3.24. The maximum absolute atomic E-state index is 13.0. The summed E-state index contributed by atoms with van der Waals surface area (Å²) in [6.45, 7) is 2.94. The number of hydrogen-bond acceptors (Lipinski definition) is 7. The van der Waals surface area contributed by atoms with Crippen molar-refractivity contribution in [1.29, 1.82) is 0 Å². The molecule has 0 fully saturated rings. The second kappa shape index (κ2) is 10.1. The number of hydrogen-bond donors (Lipinski definition) is 3. The Labute approximate surface area is 199 Å². The highest BCUT2D eigenvalue weighted by Gasteiger charge is 2.34. The molecule has 1 atom stereocenters. The molecule has 0 saturated carbocycles. The van der Waals surface area contributed by atoms with E-state index in [2.05, 4.69) is 30.9 Å². The first kappa shape index (κ1) is 25.1. The van der Waals surface area contributed by atoms with Crippen LogP contribution < -0.4 is 16.0 Å². The molecule has 3 aromatic rings. The minimum atomic E-state index is -4.71. The zero-order valence-electron chi connectivity index (χ0n) is 17.5. The standard InChI is InChI=1S/C20H16ClF3N6O3S/c1-9(27-17(32)13-4-3-5-15(29-13)28-10(2)31)19-26-8-14(34-19)18(33)30-16-6-11(20(22,23)24)12(21)7-25-16/h3-9H,1-2H3,(H,27,32)(H,25,30,33)(H,28,29,31)/t9-/m1/s1. The van der Waals surface area contributed by atoms with Gasteiger partial charge in [0.2, 0.25) is 5.91 Å². The van der Waals surface area contributed by atoms with Crippen LogP contribution in [0.3, 0.4) is 0 Å². The van der Waals surface area contributed by atoms with Crippen LogP contribution in [0.1, 0.15) is 50.6 Å². The molecule has 0 aliphatic heterocycles. The lowest BCUT2D eigenvalue weighted by Crippen LogP contribution is -2.27. The smallest absolute Gasteiger partial charge is 0.342 e. The summed E-state index contributed by atoms with van der Waals surface area (Å²) in [7, 11) is 0. The number of nitrogens with one attached hydrogen (secondary N) is 3. The predicted octanol–water partition coefficient (Wildman–Crippen LogP) is 4.31. The van der Waals surface area contributed by atoms with Gasteiger partial charge in [0, 0.05) is 13.1 Å². The van der Waals surface area contributed by atoms with E-state index >= 15 is 0 Å². The van der Waals surface area contributed by atoms with Crippen molar-refractivity contribution < 1.29 is 27.6 Å². The van der Waals surface area contributed by atoms with Crippen molar-refractivity contribution in [2.24, 2.45) is 0 Å². The molecule has 0 bridgehead atoms. The van der Waals surface area contributed by atoms with Gasteiger partial charge in [0.25, 0.3) is 11.8 Å². The van der Waals surface area contributed by atoms with E-state index < -0.39 is 34.6 Å². The summed E-state index contributed by atoms with van der Waals surface area (Å²) in [5.74, 6) is -1.72. The van der Waals surface area contributed by atoms with Gasteiger partial charge >= 0.3 is 6.18 Å². The fourth-order valence-electron chi connectivity index (χ4n) is 2.64. The van der Waals surface area contributed by atoms with Crippen LogP contribution in [0, 0.1) is 0 Å². The lowest BCUT2D eigenvalue weighted by molar-refractivity contribution is -0.137. The van der Waals surface area contributed by atoms with Crippen LogP contribution in [0.15, 0.2) is 36.7 Å². The largest absolute Gasteiger partial charge is 0.418 e. The summed E-state index contributed by atoms with van der Waals surface area (Å²) < 4.78 is 39.0. The van der Waals surface area contributed by atoms with Crippen LogP contribution in [0.2, 0.25) is 5.02 Å². The van der Waals surface area contributed by atoms with Crippen molar-refractivity contribution in [2.75, 3.05) is 10.6 Å². The third-order valence-electron chi connectivity index (χ3n) is 4.15. The Hall–Kier alpha value is -3.58. The van der Waals surface area contributed by atoms with Crippen LogP contribution in [0.25, 0.3) is 0 Å². The van der Waals surface area contributed by atoms with Gasteiger partial charge in [0.1, 0.15) is 27.2 Å². The number of aromatic nitrogens is 3. The number of carbonyl (C=O) groups excluding carboxylic acids is 3. The van der Waals surface area contributed by atoms with Crippen LogP contribution in [-0.4, -0.2) is 32.7 Å². The van der Waals surface area contributed by atoms with Crippen LogP contribution in [-0.2, 0) is 11.0 Å². The molecule has 3 rings (SSSR count). The summed E-state index contributed by atoms with van der Waals surface area (Å²) in [4.78, 5) is 48.0. The SMILES string of the molecule is CC(=O)Nc1cccc(C(=O)N[C@H](C)c2ncc(C(=O)Nc3cc(C(F)(F)F)c(Cl)cn3)s2)n1. The molecule has 0 spiro atoms. The number of halogens is 4. The summed E-state index contributed by atoms with van der Waals surface area (Å²) in [6.07, 6.45) is -2.68. The molecule has 3 N–H and O–H groups in total. The van der Waals surface area contributed by atoms with Gasteiger partial charge in [-0.3, -0.25) is 14.4 Å². The number of carbonyl (C=O) groups is 3. The van der Waals surface area contributed by atoms with Crippen molar-refractivity contribution >= 4 is 52.3 Å². The molecule has 14 heteroatoms. The zero-order chi connectivity index (χ0) is 25.0. The van der Waals surface area contributed by atoms with Gasteiger partial charge in [-0.15, -0.1) is 11.3 Å². The van der Waals surface area contributed by atoms with E-state index in [0.717, 1.165) is 17.5 Å². The van der Waals surface area contributed by atoms with Gasteiger partial charge in [0.05, 0.1) is 22.8 Å². The van der Waals surface area contributed by atoms with Gasteiger partial charge < -0.3 is 16.0 Å². The maximum Gasteiger partial charge on any atom is 0.418 e. The Morgan fingerprint density at radius 1 is 1.06 bits per heavy atom. The molecule has 0 aliphatic carbocycles. The van der Waals surface area contributed by atoms with E-state index in [4.69, 9.17) is 11.6 Å². The molecule has 0 radical (unpaired) electrons. The Balaban J connectivity index is 1.67. The van der Waals surface area contributed by atoms with Crippen LogP contribution in [0.5, 0.6) is 0 Å². The minimum absolute atomic E-state index is 0.0573. The average molecular weight is 513 g/mol. The topological polar surface area (TPSA) is 126 Å². The molecule has 3 amide bonds. The number of pyridine rings is 2. The molecular formula is C20H16ClF3N6O3S. The predicted molar refractivity (Wildman–Crippen MR) is 119 cm³/mol. The molecule has 3 heterocycles. The third-order valence-corrected chi connectivity index (χ3v) is 5.63. The number of amides is 3. The Morgan fingerprint density at radius 3 is 2.47 bits per heavy atom. The summed E-state index contributed by atoms with van der Waals surface area (Å²) >= 11 is 6.47. The molecule has 0 saturated heterocycles. The number of alkyl halides is 3. The van der Waals surface area contributed by atoms with E-state index in [1.165, 1.54) is 25.3 Å². The summed E-state index contributed by atoms with van der Waals surface area (Å²) in [5, 5.41) is 7.20. The number of anilines is 2. The van der Waals surface area contributed by atoms with Gasteiger partial charge in [-0.25, -0.2) is 15.0 Å². The van der Waals surface area contributed by atoms with E-state index in [9.17, 15) is 27.6 Å². The molecule has 0 aliphatic rings. The lowest BCUT2D eigenvalue weighted by Gasteiger charge is -2.11. The first-order valence-corrected chi connectivity index (χ1v) is 10.7. The van der Waals surface area contributed by atoms with Crippen molar-refractivity contribution in [3.63, 3.8) is 0 Å². The molecule has 178 valence electrons. The molecular weight excluding hydrogens is 497 g/mol. The minimum Gasteiger partial charge on any atom is -0.342 e. The zero-order valence-corrected chi connectivity index (χ0v) is 19.1. The van der Waals surface area contributed by atoms with E-state index in [-0.39, 0.29) is 28.1 Å². The van der Waals surface area contributed by atoms with Crippen molar-refractivity contribution in [1.82, 2.24) is 20.3 Å². The van der Waals surface area contributed by atoms with E-state index in [1.54, 1.807) is 13.0 Å². The number of thiazole rings is 1. The first-order chi connectivity index (χ1) is 15.9. The third kappa shape index (κ3) is 6.26. The van der Waals surface area contributed by atoms with E-state index in [0.29, 0.717) is 11.1 Å². The van der Waals surface area contributed by atoms with Crippen molar-refractivity contribution in [3.8, 4) is 0 Å². The van der Waals surface area contributed by atoms with Gasteiger partial charge in [-0.2, -0.15) is 13.2 Å². The molecule has 9 nitrogen and oxygen atoms in total. The maximum atomic E-state index is 13.0. The van der Waals surface area contributed by atoms with Crippen LogP contribution in [0.4, 0.5) is 24.8 Å². The molecule has 3 aromatic heterocycles. The monoisotopic (exact) mass is 512 g/mol. The highest BCUT2D eigenvalue weighted by atomic mass is 35.5. The van der Waals surface area contributed by atoms with Gasteiger partial charge in [-0.1, -0.05) is 17.7 Å². The first-order valence-electron chi connectivity index (χ1n) is 9.49. The quantitative estimate of drug-likeness (QED) is 0.452. The fraction of sp³-hybridized carbons (Fsp3) is 0.200. The second-order valence-corrected chi connectivity index (χ2v) is 8.32. The Bertz CT molecular complexity index is 1250. The van der Waals surface area contributed by atoms with E-state index in [1.807, 2.05) is 0 Å².